The summed E-state index contributed by atoms with van der Waals surface area (Å²) in [6, 6.07) is 24.0. The number of carbonyl (C=O) groups excluding carboxylic acids is 2. The number of hydrogen-bond acceptors (Lipinski definition) is 6. The minimum Gasteiger partial charge on any atom is -0.450 e. The van der Waals surface area contributed by atoms with E-state index in [1.165, 1.54) is 24.3 Å². The lowest BCUT2D eigenvalue weighted by Crippen LogP contribution is -2.38. The second kappa shape index (κ2) is 11.8. The number of anilines is 1. The number of cyclic esters (lactones) is 1. The van der Waals surface area contributed by atoms with Crippen LogP contribution in [0.25, 0.3) is 0 Å². The van der Waals surface area contributed by atoms with E-state index < -0.39 is 33.4 Å². The first-order valence-electron chi connectivity index (χ1n) is 13.2. The molecular weight excluding hydrogens is 512 g/mol. The van der Waals surface area contributed by atoms with Gasteiger partial charge in [0.25, 0.3) is 10.0 Å². The second-order valence-electron chi connectivity index (χ2n) is 9.92. The van der Waals surface area contributed by atoms with Gasteiger partial charge in [0, 0.05) is 11.6 Å². The molecule has 7 nitrogen and oxygen atoms in total. The summed E-state index contributed by atoms with van der Waals surface area (Å²) < 4.78 is 34.5. The lowest BCUT2D eigenvalue weighted by molar-refractivity contribution is -0.154. The molecule has 0 spiro atoms. The highest BCUT2D eigenvalue weighted by molar-refractivity contribution is 7.92. The van der Waals surface area contributed by atoms with Gasteiger partial charge < -0.3 is 4.74 Å². The van der Waals surface area contributed by atoms with E-state index in [2.05, 4.69) is 4.72 Å². The fraction of sp³-hybridized carbons (Fsp3) is 0.323. The van der Waals surface area contributed by atoms with E-state index in [0.29, 0.717) is 48.9 Å². The molecule has 3 aromatic rings. The van der Waals surface area contributed by atoms with Gasteiger partial charge in [-0.25, -0.2) is 8.42 Å². The maximum absolute atomic E-state index is 13.9. The third kappa shape index (κ3) is 6.04. The third-order valence-corrected chi connectivity index (χ3v) is 8.55. The Morgan fingerprint density at radius 2 is 1.62 bits per heavy atom. The zero-order valence-electron chi connectivity index (χ0n) is 22.1. The first-order chi connectivity index (χ1) is 18.7. The Morgan fingerprint density at radius 3 is 2.23 bits per heavy atom. The van der Waals surface area contributed by atoms with Crippen LogP contribution in [0, 0.1) is 17.2 Å². The number of carbonyl (C=O) groups is 2. The van der Waals surface area contributed by atoms with E-state index in [1.54, 1.807) is 18.2 Å². The fourth-order valence-corrected chi connectivity index (χ4v) is 6.43. The van der Waals surface area contributed by atoms with Crippen LogP contribution in [-0.4, -0.2) is 25.8 Å². The van der Waals surface area contributed by atoms with Crippen LogP contribution >= 0.6 is 0 Å². The minimum absolute atomic E-state index is 0.0196. The van der Waals surface area contributed by atoms with Crippen LogP contribution in [0.4, 0.5) is 5.69 Å². The standard InChI is InChI=1S/C31H32N2O5S/c1-3-17-31(18-4-2)29(34)28(30(35)38-31)27(19-22-9-6-5-7-10-22)24-11-8-12-25(20-24)33-39(36,37)26-15-13-23(21-32)14-16-26/h5-16,20,27-28,33H,3-4,17-19H2,1-2H3. The van der Waals surface area contributed by atoms with Gasteiger partial charge >= 0.3 is 5.97 Å². The molecule has 0 saturated carbocycles. The number of benzene rings is 3. The Labute approximate surface area is 229 Å². The molecule has 2 unspecified atom stereocenters. The second-order valence-corrected chi connectivity index (χ2v) is 11.6. The number of hydrogen-bond donors (Lipinski definition) is 1. The number of nitrogens with zero attached hydrogens (tertiary/aromatic N) is 1. The van der Waals surface area contributed by atoms with Crippen molar-refractivity contribution >= 4 is 27.5 Å². The first-order valence-corrected chi connectivity index (χ1v) is 14.7. The van der Waals surface area contributed by atoms with Crippen LogP contribution < -0.4 is 4.72 Å². The highest BCUT2D eigenvalue weighted by Crippen LogP contribution is 2.43. The van der Waals surface area contributed by atoms with E-state index in [0.717, 1.165) is 5.56 Å². The van der Waals surface area contributed by atoms with Crippen molar-refractivity contribution < 1.29 is 22.7 Å². The number of ether oxygens (including phenoxy) is 1. The Bertz CT molecular complexity index is 1470. The van der Waals surface area contributed by atoms with Crippen molar-refractivity contribution in [3.8, 4) is 6.07 Å². The topological polar surface area (TPSA) is 113 Å². The Morgan fingerprint density at radius 1 is 0.949 bits per heavy atom. The van der Waals surface area contributed by atoms with Crippen LogP contribution in [0.15, 0.2) is 83.8 Å². The molecule has 0 aromatic heterocycles. The summed E-state index contributed by atoms with van der Waals surface area (Å²) in [7, 11) is -3.93. The van der Waals surface area contributed by atoms with Gasteiger partial charge in [-0.1, -0.05) is 69.2 Å². The quantitative estimate of drug-likeness (QED) is 0.242. The van der Waals surface area contributed by atoms with Crippen molar-refractivity contribution in [2.24, 2.45) is 5.92 Å². The van der Waals surface area contributed by atoms with Crippen LogP contribution in [0.5, 0.6) is 0 Å². The summed E-state index contributed by atoms with van der Waals surface area (Å²) in [6.45, 7) is 3.94. The summed E-state index contributed by atoms with van der Waals surface area (Å²) in [6.07, 6.45) is 2.78. The lowest BCUT2D eigenvalue weighted by Gasteiger charge is -2.26. The van der Waals surface area contributed by atoms with Crippen LogP contribution in [-0.2, 0) is 30.8 Å². The molecule has 39 heavy (non-hydrogen) atoms. The van der Waals surface area contributed by atoms with E-state index >= 15 is 0 Å². The van der Waals surface area contributed by atoms with E-state index in [1.807, 2.05) is 56.3 Å². The fourth-order valence-electron chi connectivity index (χ4n) is 5.38. The highest BCUT2D eigenvalue weighted by Gasteiger charge is 2.56. The Kier molecular flexibility index (Phi) is 8.51. The summed E-state index contributed by atoms with van der Waals surface area (Å²) in [4.78, 5) is 27.2. The van der Waals surface area contributed by atoms with Gasteiger partial charge in [-0.3, -0.25) is 14.3 Å². The molecule has 3 aromatic carbocycles. The number of rotatable bonds is 11. The summed E-state index contributed by atoms with van der Waals surface area (Å²) in [5, 5.41) is 9.00. The van der Waals surface area contributed by atoms with Crippen molar-refractivity contribution in [1.29, 1.82) is 5.26 Å². The van der Waals surface area contributed by atoms with Crippen LogP contribution in [0.1, 0.15) is 62.1 Å². The highest BCUT2D eigenvalue weighted by atomic mass is 32.2. The Balaban J connectivity index is 1.71. The molecule has 0 aliphatic carbocycles. The van der Waals surface area contributed by atoms with Crippen molar-refractivity contribution in [3.05, 3.63) is 95.6 Å². The molecular formula is C31H32N2O5S. The van der Waals surface area contributed by atoms with E-state index in [9.17, 15) is 18.0 Å². The summed E-state index contributed by atoms with van der Waals surface area (Å²) in [5.41, 5.74) is 1.17. The first kappa shape index (κ1) is 28.1. The Hall–Kier alpha value is -3.96. The molecule has 1 fully saturated rings. The number of sulfonamides is 1. The number of ketones is 1. The smallest absolute Gasteiger partial charge is 0.318 e. The van der Waals surface area contributed by atoms with Gasteiger partial charge in [-0.05, 0) is 66.8 Å². The van der Waals surface area contributed by atoms with Gasteiger partial charge in [-0.2, -0.15) is 5.26 Å². The maximum atomic E-state index is 13.9. The molecule has 1 saturated heterocycles. The van der Waals surface area contributed by atoms with Crippen molar-refractivity contribution in [1.82, 2.24) is 0 Å². The molecule has 1 heterocycles. The average Bonchev–Trinajstić information content (AvgIpc) is 3.16. The number of nitriles is 1. The van der Waals surface area contributed by atoms with Gasteiger partial charge in [0.2, 0.25) is 0 Å². The number of esters is 1. The predicted octanol–water partition coefficient (Wildman–Crippen LogP) is 5.77. The molecule has 202 valence electrons. The van der Waals surface area contributed by atoms with E-state index in [4.69, 9.17) is 10.00 Å². The molecule has 2 atom stereocenters. The molecule has 4 rings (SSSR count). The van der Waals surface area contributed by atoms with Gasteiger partial charge in [0.05, 0.1) is 16.5 Å². The zero-order valence-corrected chi connectivity index (χ0v) is 22.9. The maximum Gasteiger partial charge on any atom is 0.318 e. The predicted molar refractivity (Wildman–Crippen MR) is 148 cm³/mol. The third-order valence-electron chi connectivity index (χ3n) is 7.15. The SMILES string of the molecule is CCCC1(CCC)OC(=O)C(C(Cc2ccccc2)c2cccc(NS(=O)(=O)c3ccc(C#N)cc3)c2)C1=O. The van der Waals surface area contributed by atoms with Crippen molar-refractivity contribution in [2.45, 2.75) is 62.4 Å². The lowest BCUT2D eigenvalue weighted by atomic mass is 9.75. The molecule has 1 aliphatic rings. The van der Waals surface area contributed by atoms with E-state index in [-0.39, 0.29) is 10.7 Å². The molecule has 0 radical (unpaired) electrons. The monoisotopic (exact) mass is 544 g/mol. The molecule has 8 heteroatoms. The van der Waals surface area contributed by atoms with Gasteiger partial charge in [0.15, 0.2) is 11.4 Å². The van der Waals surface area contributed by atoms with Crippen molar-refractivity contribution in [2.75, 3.05) is 4.72 Å². The summed E-state index contributed by atoms with van der Waals surface area (Å²) >= 11 is 0. The number of Topliss-reactive ketones (excluding diaryl/α,β-unsaturated/α-hetero) is 1. The van der Waals surface area contributed by atoms with Crippen LogP contribution in [0.2, 0.25) is 0 Å². The zero-order chi connectivity index (χ0) is 28.0. The largest absolute Gasteiger partial charge is 0.450 e. The molecule has 1 aliphatic heterocycles. The summed E-state index contributed by atoms with van der Waals surface area (Å²) in [5.74, 6) is -2.25. The van der Waals surface area contributed by atoms with Crippen LogP contribution in [0.3, 0.4) is 0 Å². The molecule has 0 bridgehead atoms. The molecule has 0 amide bonds. The van der Waals surface area contributed by atoms with Crippen molar-refractivity contribution in [3.63, 3.8) is 0 Å². The molecule has 1 N–H and O–H groups in total. The van der Waals surface area contributed by atoms with Gasteiger partial charge in [-0.15, -0.1) is 0 Å². The average molecular weight is 545 g/mol. The normalized spacial score (nSPS) is 17.3. The van der Waals surface area contributed by atoms with Gasteiger partial charge in [0.1, 0.15) is 5.92 Å². The minimum atomic E-state index is -3.93. The number of nitrogens with one attached hydrogen (secondary N) is 1.